The number of carbonyl (C=O) groups is 2. The van der Waals surface area contributed by atoms with Gasteiger partial charge in [0.2, 0.25) is 0 Å². The molecule has 5 heteroatoms. The Kier molecular flexibility index (Phi) is 5.96. The van der Waals surface area contributed by atoms with Gasteiger partial charge in [-0.3, -0.25) is 14.5 Å². The maximum absolute atomic E-state index is 12.6. The predicted molar refractivity (Wildman–Crippen MR) is 118 cm³/mol. The quantitative estimate of drug-likeness (QED) is 0.624. The lowest BCUT2D eigenvalue weighted by atomic mass is 9.45. The van der Waals surface area contributed by atoms with Crippen LogP contribution in [0.15, 0.2) is 0 Å². The second-order valence-corrected chi connectivity index (χ2v) is 11.7. The summed E-state index contributed by atoms with van der Waals surface area (Å²) in [4.78, 5) is 27.4. The second kappa shape index (κ2) is 8.44. The lowest BCUT2D eigenvalue weighted by Crippen LogP contribution is -2.54. The molecule has 31 heavy (non-hydrogen) atoms. The molecule has 0 aromatic carbocycles. The number of ether oxygens (including phenoxy) is 2. The molecule has 0 unspecified atom stereocenters. The molecular formula is C26H41NO4. The third kappa shape index (κ3) is 3.88. The van der Waals surface area contributed by atoms with Crippen LogP contribution in [-0.2, 0) is 19.1 Å². The highest BCUT2D eigenvalue weighted by Gasteiger charge is 2.60. The molecule has 174 valence electrons. The number of hydrogen-bond donors (Lipinski definition) is 0. The SMILES string of the molecule is C[C@@]12CC[C@@H](OC(=O)CCN3CCOCC3)C[C@H]1CC[C@H]1[C@H]2CC[C@]2(C)C(=O)CC[C@@H]12. The van der Waals surface area contributed by atoms with Crippen LogP contribution in [0.25, 0.3) is 0 Å². The highest BCUT2D eigenvalue weighted by molar-refractivity contribution is 5.87. The molecular weight excluding hydrogens is 390 g/mol. The van der Waals surface area contributed by atoms with Crippen LogP contribution >= 0.6 is 0 Å². The van der Waals surface area contributed by atoms with E-state index < -0.39 is 0 Å². The molecule has 0 bridgehead atoms. The van der Waals surface area contributed by atoms with Crippen LogP contribution in [0.5, 0.6) is 0 Å². The van der Waals surface area contributed by atoms with E-state index in [-0.39, 0.29) is 17.5 Å². The Morgan fingerprint density at radius 1 is 1.06 bits per heavy atom. The maximum atomic E-state index is 12.6. The number of ketones is 1. The van der Waals surface area contributed by atoms with Crippen molar-refractivity contribution in [1.82, 2.24) is 4.90 Å². The van der Waals surface area contributed by atoms with Gasteiger partial charge in [0.05, 0.1) is 19.6 Å². The van der Waals surface area contributed by atoms with Crippen LogP contribution in [0.2, 0.25) is 0 Å². The molecule has 1 saturated heterocycles. The molecule has 4 saturated carbocycles. The zero-order chi connectivity index (χ0) is 21.6. The first-order valence-corrected chi connectivity index (χ1v) is 12.9. The number of Topliss-reactive ketones (excluding diaryl/α,β-unsaturated/α-hetero) is 1. The van der Waals surface area contributed by atoms with E-state index in [0.717, 1.165) is 76.8 Å². The van der Waals surface area contributed by atoms with Gasteiger partial charge in [0.1, 0.15) is 11.9 Å². The van der Waals surface area contributed by atoms with Crippen molar-refractivity contribution in [1.29, 1.82) is 0 Å². The standard InChI is InChI=1S/C26H41NO4/c1-25-10-7-19(31-24(29)9-12-27-13-15-30-16-14-27)17-18(25)3-4-20-21-5-6-23(28)26(21,2)11-8-22(20)25/h18-22H,3-17H2,1-2H3/t18-,19-,20-,21+,22-,25-,26+/m1/s1. The molecule has 5 aliphatic rings. The maximum Gasteiger partial charge on any atom is 0.307 e. The van der Waals surface area contributed by atoms with E-state index in [1.54, 1.807) is 0 Å². The Labute approximate surface area is 187 Å². The van der Waals surface area contributed by atoms with Gasteiger partial charge in [-0.05, 0) is 80.5 Å². The molecule has 0 amide bonds. The van der Waals surface area contributed by atoms with Crippen LogP contribution in [0, 0.1) is 34.5 Å². The van der Waals surface area contributed by atoms with E-state index in [4.69, 9.17) is 9.47 Å². The Bertz CT molecular complexity index is 704. The number of rotatable bonds is 4. The monoisotopic (exact) mass is 431 g/mol. The summed E-state index contributed by atoms with van der Waals surface area (Å²) in [6.45, 7) is 8.98. The summed E-state index contributed by atoms with van der Waals surface area (Å²) in [5.74, 6) is 3.29. The van der Waals surface area contributed by atoms with Gasteiger partial charge in [-0.1, -0.05) is 13.8 Å². The molecule has 1 aliphatic heterocycles. The van der Waals surface area contributed by atoms with Crippen molar-refractivity contribution >= 4 is 11.8 Å². The van der Waals surface area contributed by atoms with Crippen molar-refractivity contribution in [3.05, 3.63) is 0 Å². The summed E-state index contributed by atoms with van der Waals surface area (Å²) in [5.41, 5.74) is 0.337. The van der Waals surface area contributed by atoms with Crippen molar-refractivity contribution in [2.24, 2.45) is 34.5 Å². The second-order valence-electron chi connectivity index (χ2n) is 11.7. The third-order valence-corrected chi connectivity index (χ3v) is 10.4. The predicted octanol–water partition coefficient (Wildman–Crippen LogP) is 4.23. The molecule has 0 radical (unpaired) electrons. The highest BCUT2D eigenvalue weighted by atomic mass is 16.5. The first kappa shape index (κ1) is 21.9. The lowest BCUT2D eigenvalue weighted by Gasteiger charge is -2.60. The highest BCUT2D eigenvalue weighted by Crippen LogP contribution is 2.65. The van der Waals surface area contributed by atoms with Gasteiger partial charge < -0.3 is 9.47 Å². The minimum Gasteiger partial charge on any atom is -0.462 e. The van der Waals surface area contributed by atoms with E-state index in [0.29, 0.717) is 29.5 Å². The van der Waals surface area contributed by atoms with Crippen LogP contribution in [0.1, 0.15) is 78.1 Å². The van der Waals surface area contributed by atoms with Gasteiger partial charge in [-0.25, -0.2) is 0 Å². The third-order valence-electron chi connectivity index (χ3n) is 10.4. The molecule has 0 aromatic rings. The van der Waals surface area contributed by atoms with Crippen molar-refractivity contribution in [2.75, 3.05) is 32.8 Å². The molecule has 0 N–H and O–H groups in total. The number of morpholine rings is 1. The zero-order valence-electron chi connectivity index (χ0n) is 19.6. The van der Waals surface area contributed by atoms with Gasteiger partial charge in [0.25, 0.3) is 0 Å². The molecule has 7 atom stereocenters. The average molecular weight is 432 g/mol. The summed E-state index contributed by atoms with van der Waals surface area (Å²) in [7, 11) is 0. The first-order chi connectivity index (χ1) is 14.9. The van der Waals surface area contributed by atoms with Gasteiger partial charge in [0, 0.05) is 31.5 Å². The smallest absolute Gasteiger partial charge is 0.307 e. The molecule has 0 spiro atoms. The minimum absolute atomic E-state index is 0.0216. The van der Waals surface area contributed by atoms with Gasteiger partial charge in [-0.2, -0.15) is 0 Å². The van der Waals surface area contributed by atoms with Gasteiger partial charge >= 0.3 is 5.97 Å². The Balaban J connectivity index is 1.17. The van der Waals surface area contributed by atoms with E-state index in [2.05, 4.69) is 18.7 Å². The van der Waals surface area contributed by atoms with Gasteiger partial charge in [-0.15, -0.1) is 0 Å². The summed E-state index contributed by atoms with van der Waals surface area (Å²) in [6, 6.07) is 0. The topological polar surface area (TPSA) is 55.8 Å². The minimum atomic E-state index is -0.0302. The Hall–Kier alpha value is -0.940. The molecule has 5 fully saturated rings. The number of nitrogens with zero attached hydrogens (tertiary/aromatic N) is 1. The molecule has 0 aromatic heterocycles. The average Bonchev–Trinajstić information content (AvgIpc) is 3.08. The van der Waals surface area contributed by atoms with Crippen LogP contribution in [0.3, 0.4) is 0 Å². The van der Waals surface area contributed by atoms with E-state index in [1.165, 1.54) is 25.7 Å². The normalized spacial score (nSPS) is 45.5. The van der Waals surface area contributed by atoms with Gasteiger partial charge in [0.15, 0.2) is 0 Å². The van der Waals surface area contributed by atoms with E-state index >= 15 is 0 Å². The van der Waals surface area contributed by atoms with E-state index in [1.807, 2.05) is 0 Å². The Morgan fingerprint density at radius 2 is 1.87 bits per heavy atom. The molecule has 4 aliphatic carbocycles. The zero-order valence-corrected chi connectivity index (χ0v) is 19.6. The van der Waals surface area contributed by atoms with Crippen molar-refractivity contribution in [2.45, 2.75) is 84.2 Å². The fourth-order valence-electron chi connectivity index (χ4n) is 8.42. The van der Waals surface area contributed by atoms with Crippen molar-refractivity contribution in [3.63, 3.8) is 0 Å². The van der Waals surface area contributed by atoms with Crippen LogP contribution in [0.4, 0.5) is 0 Å². The van der Waals surface area contributed by atoms with Crippen LogP contribution in [-0.4, -0.2) is 55.6 Å². The first-order valence-electron chi connectivity index (χ1n) is 12.9. The van der Waals surface area contributed by atoms with Crippen molar-refractivity contribution in [3.8, 4) is 0 Å². The molecule has 1 heterocycles. The van der Waals surface area contributed by atoms with Crippen molar-refractivity contribution < 1.29 is 19.1 Å². The fraction of sp³-hybridized carbons (Fsp3) is 0.923. The molecule has 5 nitrogen and oxygen atoms in total. The lowest BCUT2D eigenvalue weighted by molar-refractivity contribution is -0.162. The molecule has 5 rings (SSSR count). The summed E-state index contributed by atoms with van der Waals surface area (Å²) in [6.07, 6.45) is 10.6. The van der Waals surface area contributed by atoms with E-state index in [9.17, 15) is 9.59 Å². The summed E-state index contributed by atoms with van der Waals surface area (Å²) < 4.78 is 11.4. The number of hydrogen-bond acceptors (Lipinski definition) is 5. The number of fused-ring (bicyclic) bond motifs is 5. The largest absolute Gasteiger partial charge is 0.462 e. The summed E-state index contributed by atoms with van der Waals surface area (Å²) >= 11 is 0. The fourth-order valence-corrected chi connectivity index (χ4v) is 8.42. The van der Waals surface area contributed by atoms with Crippen LogP contribution < -0.4 is 0 Å². The number of carbonyl (C=O) groups excluding carboxylic acids is 2. The number of esters is 1. The summed E-state index contributed by atoms with van der Waals surface area (Å²) in [5, 5.41) is 0. The Morgan fingerprint density at radius 3 is 2.68 bits per heavy atom.